The molecule has 0 aromatic carbocycles. The maximum absolute atomic E-state index is 11.0. The fraction of sp³-hybridized carbons (Fsp3) is 0.773. The van der Waals surface area contributed by atoms with E-state index >= 15 is 0 Å². The van der Waals surface area contributed by atoms with Crippen LogP contribution in [0.25, 0.3) is 0 Å². The lowest BCUT2D eigenvalue weighted by Gasteiger charge is -2.17. The number of unbranched alkanes of at least 4 members (excludes halogenated alkanes) is 9. The minimum Gasteiger partial charge on any atom is -0.477 e. The van der Waals surface area contributed by atoms with Crippen molar-refractivity contribution in [2.24, 2.45) is 12.5 Å². The summed E-state index contributed by atoms with van der Waals surface area (Å²) in [6, 6.07) is 3.48. The van der Waals surface area contributed by atoms with Crippen LogP contribution in [-0.4, -0.2) is 22.2 Å². The Morgan fingerprint density at radius 3 is 1.88 bits per heavy atom. The Bertz CT molecular complexity index is 515. The van der Waals surface area contributed by atoms with Gasteiger partial charge in [-0.25, -0.2) is 4.79 Å². The molecule has 0 aliphatic rings. The number of carbonyl (C=O) groups is 1. The number of aromatic nitrogens is 1. The smallest absolute Gasteiger partial charge is 0.352 e. The molecular weight excluding hydrogens is 324 g/mol. The molecule has 150 valence electrons. The minimum absolute atomic E-state index is 0.325. The third-order valence-corrected chi connectivity index (χ3v) is 5.00. The molecule has 0 atom stereocenters. The molecule has 0 saturated heterocycles. The topological polar surface area (TPSA) is 54.3 Å². The summed E-state index contributed by atoms with van der Waals surface area (Å²) in [5.41, 5.74) is 0.819. The number of nitrogens with one attached hydrogen (secondary N) is 1. The van der Waals surface area contributed by atoms with Gasteiger partial charge in [0.2, 0.25) is 0 Å². The van der Waals surface area contributed by atoms with E-state index in [9.17, 15) is 4.79 Å². The van der Waals surface area contributed by atoms with Crippen LogP contribution in [0, 0.1) is 5.41 Å². The maximum atomic E-state index is 11.0. The normalized spacial score (nSPS) is 11.7. The quantitative estimate of drug-likeness (QED) is 0.372. The highest BCUT2D eigenvalue weighted by Crippen LogP contribution is 2.22. The standard InChI is InChI=1S/C22H40N2O2/c1-22(2,3)17-13-11-9-7-5-6-8-10-12-14-18-23-20-16-15-19(21(25)26)24(20)4/h15-16,23H,5-14,17-18H2,1-4H3,(H,25,26). The second-order valence-electron chi connectivity index (χ2n) is 8.74. The molecule has 0 aliphatic heterocycles. The van der Waals surface area contributed by atoms with Gasteiger partial charge in [0.15, 0.2) is 0 Å². The van der Waals surface area contributed by atoms with E-state index in [1.165, 1.54) is 64.2 Å². The lowest BCUT2D eigenvalue weighted by molar-refractivity contribution is 0.0687. The Hall–Kier alpha value is -1.45. The van der Waals surface area contributed by atoms with Crippen molar-refractivity contribution in [3.05, 3.63) is 17.8 Å². The number of aromatic carboxylic acids is 1. The van der Waals surface area contributed by atoms with Gasteiger partial charge in [0.25, 0.3) is 0 Å². The molecule has 0 bridgehead atoms. The van der Waals surface area contributed by atoms with Crippen molar-refractivity contribution < 1.29 is 9.90 Å². The molecule has 1 aromatic rings. The van der Waals surface area contributed by atoms with E-state index in [2.05, 4.69) is 26.1 Å². The van der Waals surface area contributed by atoms with Crippen LogP contribution in [0.2, 0.25) is 0 Å². The third-order valence-electron chi connectivity index (χ3n) is 5.00. The van der Waals surface area contributed by atoms with Gasteiger partial charge >= 0.3 is 5.97 Å². The van der Waals surface area contributed by atoms with Gasteiger partial charge in [0.1, 0.15) is 11.5 Å². The fourth-order valence-corrected chi connectivity index (χ4v) is 3.31. The molecule has 0 amide bonds. The van der Waals surface area contributed by atoms with E-state index in [0.29, 0.717) is 11.1 Å². The molecule has 1 aromatic heterocycles. The lowest BCUT2D eigenvalue weighted by Crippen LogP contribution is -2.09. The van der Waals surface area contributed by atoms with Crippen molar-refractivity contribution in [3.8, 4) is 0 Å². The third kappa shape index (κ3) is 9.88. The highest BCUT2D eigenvalue weighted by Gasteiger charge is 2.10. The minimum atomic E-state index is -0.880. The first-order chi connectivity index (χ1) is 12.3. The van der Waals surface area contributed by atoms with Crippen molar-refractivity contribution in [1.82, 2.24) is 4.57 Å². The lowest BCUT2D eigenvalue weighted by atomic mass is 9.89. The molecule has 2 N–H and O–H groups in total. The molecule has 0 fully saturated rings. The van der Waals surface area contributed by atoms with Crippen LogP contribution in [0.15, 0.2) is 12.1 Å². The van der Waals surface area contributed by atoms with Crippen LogP contribution in [0.1, 0.15) is 102 Å². The van der Waals surface area contributed by atoms with Gasteiger partial charge in [-0.1, -0.05) is 78.6 Å². The van der Waals surface area contributed by atoms with Crippen LogP contribution in [0.5, 0.6) is 0 Å². The van der Waals surface area contributed by atoms with Crippen molar-refractivity contribution in [1.29, 1.82) is 0 Å². The molecule has 4 heteroatoms. The van der Waals surface area contributed by atoms with Gasteiger partial charge in [-0.2, -0.15) is 0 Å². The van der Waals surface area contributed by atoms with E-state index < -0.39 is 5.97 Å². The van der Waals surface area contributed by atoms with Gasteiger partial charge in [-0.15, -0.1) is 0 Å². The Kier molecular flexibility index (Phi) is 10.5. The fourth-order valence-electron chi connectivity index (χ4n) is 3.31. The summed E-state index contributed by atoms with van der Waals surface area (Å²) in [5.74, 6) is 0.00335. The van der Waals surface area contributed by atoms with Gasteiger partial charge in [0, 0.05) is 13.6 Å². The van der Waals surface area contributed by atoms with Crippen LogP contribution < -0.4 is 5.32 Å². The SMILES string of the molecule is Cn1c(NCCCCCCCCCCCCC(C)(C)C)ccc1C(=O)O. The molecule has 1 rings (SSSR count). The molecular formula is C22H40N2O2. The van der Waals surface area contributed by atoms with E-state index in [1.54, 1.807) is 17.7 Å². The zero-order valence-electron chi connectivity index (χ0n) is 17.4. The van der Waals surface area contributed by atoms with Gasteiger partial charge < -0.3 is 15.0 Å². The second-order valence-corrected chi connectivity index (χ2v) is 8.74. The number of nitrogens with zero attached hydrogens (tertiary/aromatic N) is 1. The predicted molar refractivity (Wildman–Crippen MR) is 111 cm³/mol. The molecule has 0 saturated carbocycles. The number of hydrogen-bond acceptors (Lipinski definition) is 2. The monoisotopic (exact) mass is 364 g/mol. The first-order valence-electron chi connectivity index (χ1n) is 10.4. The van der Waals surface area contributed by atoms with Gasteiger partial charge in [-0.3, -0.25) is 0 Å². The van der Waals surface area contributed by atoms with Crippen LogP contribution in [0.3, 0.4) is 0 Å². The summed E-state index contributed by atoms with van der Waals surface area (Å²) in [4.78, 5) is 11.0. The molecule has 1 heterocycles. The van der Waals surface area contributed by atoms with Crippen molar-refractivity contribution in [2.45, 2.75) is 91.4 Å². The summed E-state index contributed by atoms with van der Waals surface area (Å²) >= 11 is 0. The molecule has 4 nitrogen and oxygen atoms in total. The number of rotatable bonds is 14. The molecule has 0 aliphatic carbocycles. The Labute approximate surface area is 160 Å². The van der Waals surface area contributed by atoms with Gasteiger partial charge in [-0.05, 0) is 30.4 Å². The summed E-state index contributed by atoms with van der Waals surface area (Å²) in [6.45, 7) is 7.89. The van der Waals surface area contributed by atoms with Crippen LogP contribution in [-0.2, 0) is 7.05 Å². The van der Waals surface area contributed by atoms with E-state index in [0.717, 1.165) is 18.8 Å². The zero-order chi connectivity index (χ0) is 19.4. The zero-order valence-corrected chi connectivity index (χ0v) is 17.4. The second kappa shape index (κ2) is 12.0. The highest BCUT2D eigenvalue weighted by atomic mass is 16.4. The average Bonchev–Trinajstić information content (AvgIpc) is 2.92. The number of carboxylic acids is 1. The van der Waals surface area contributed by atoms with E-state index in [1.807, 2.05) is 6.07 Å². The summed E-state index contributed by atoms with van der Waals surface area (Å²) in [6.07, 6.45) is 14.7. The molecule has 0 spiro atoms. The average molecular weight is 365 g/mol. The maximum Gasteiger partial charge on any atom is 0.352 e. The van der Waals surface area contributed by atoms with Crippen LogP contribution >= 0.6 is 0 Å². The first-order valence-corrected chi connectivity index (χ1v) is 10.4. The number of hydrogen-bond donors (Lipinski definition) is 2. The van der Waals surface area contributed by atoms with E-state index in [4.69, 9.17) is 5.11 Å². The molecule has 0 radical (unpaired) electrons. The van der Waals surface area contributed by atoms with Crippen molar-refractivity contribution >= 4 is 11.8 Å². The van der Waals surface area contributed by atoms with Crippen LogP contribution in [0.4, 0.5) is 5.82 Å². The largest absolute Gasteiger partial charge is 0.477 e. The highest BCUT2D eigenvalue weighted by molar-refractivity contribution is 5.86. The predicted octanol–water partition coefficient (Wildman–Crippen LogP) is 6.47. The number of anilines is 1. The number of carboxylic acid groups (broad SMARTS) is 1. The van der Waals surface area contributed by atoms with E-state index in [-0.39, 0.29) is 0 Å². The summed E-state index contributed by atoms with van der Waals surface area (Å²) in [5, 5.41) is 12.4. The Morgan fingerprint density at radius 1 is 0.923 bits per heavy atom. The Balaban J connectivity index is 1.90. The van der Waals surface area contributed by atoms with Gasteiger partial charge in [0.05, 0.1) is 0 Å². The molecule has 26 heavy (non-hydrogen) atoms. The summed E-state index contributed by atoms with van der Waals surface area (Å²) < 4.78 is 1.70. The van der Waals surface area contributed by atoms with Crippen molar-refractivity contribution in [3.63, 3.8) is 0 Å². The first kappa shape index (κ1) is 22.6. The van der Waals surface area contributed by atoms with Crippen molar-refractivity contribution in [2.75, 3.05) is 11.9 Å². The Morgan fingerprint density at radius 2 is 1.42 bits per heavy atom. The summed E-state index contributed by atoms with van der Waals surface area (Å²) in [7, 11) is 1.79. The molecule has 0 unspecified atom stereocenters.